The van der Waals surface area contributed by atoms with Crippen LogP contribution in [0.5, 0.6) is 0 Å². The highest BCUT2D eigenvalue weighted by Gasteiger charge is 2.32. The molecule has 1 saturated heterocycles. The van der Waals surface area contributed by atoms with Gasteiger partial charge in [0.05, 0.1) is 0 Å². The molecule has 0 aliphatic carbocycles. The molecule has 0 bridgehead atoms. The second-order valence-corrected chi connectivity index (χ2v) is 5.56. The van der Waals surface area contributed by atoms with E-state index in [0.29, 0.717) is 11.8 Å². The van der Waals surface area contributed by atoms with E-state index in [9.17, 15) is 0 Å². The zero-order valence-corrected chi connectivity index (χ0v) is 11.7. The molecule has 2 atom stereocenters. The second kappa shape index (κ2) is 6.16. The molecule has 1 aliphatic heterocycles. The van der Waals surface area contributed by atoms with Crippen LogP contribution in [0.4, 0.5) is 0 Å². The summed E-state index contributed by atoms with van der Waals surface area (Å²) >= 11 is 0. The molecule has 0 amide bonds. The van der Waals surface area contributed by atoms with Crippen molar-refractivity contribution in [2.45, 2.75) is 12.5 Å². The number of benzene rings is 1. The van der Waals surface area contributed by atoms with Gasteiger partial charge in [0.1, 0.15) is 0 Å². The quantitative estimate of drug-likeness (QED) is 0.924. The monoisotopic (exact) mass is 267 g/mol. The van der Waals surface area contributed by atoms with Crippen molar-refractivity contribution in [2.75, 3.05) is 19.6 Å². The third kappa shape index (κ3) is 2.89. The first kappa shape index (κ1) is 13.3. The minimum Gasteiger partial charge on any atom is -0.330 e. The van der Waals surface area contributed by atoms with E-state index in [0.717, 1.165) is 26.2 Å². The first-order valence-electron chi connectivity index (χ1n) is 7.23. The lowest BCUT2D eigenvalue weighted by Crippen LogP contribution is -2.23. The summed E-state index contributed by atoms with van der Waals surface area (Å²) in [5, 5.41) is 0. The van der Waals surface area contributed by atoms with Crippen LogP contribution in [0.15, 0.2) is 54.9 Å². The largest absolute Gasteiger partial charge is 0.330 e. The molecular weight excluding hydrogens is 246 g/mol. The van der Waals surface area contributed by atoms with Gasteiger partial charge in [0.15, 0.2) is 0 Å². The maximum atomic E-state index is 5.98. The summed E-state index contributed by atoms with van der Waals surface area (Å²) in [6.45, 7) is 3.92. The highest BCUT2D eigenvalue weighted by Crippen LogP contribution is 2.32. The molecule has 0 spiro atoms. The van der Waals surface area contributed by atoms with E-state index >= 15 is 0 Å². The summed E-state index contributed by atoms with van der Waals surface area (Å²) in [7, 11) is 0. The Morgan fingerprint density at radius 3 is 2.50 bits per heavy atom. The second-order valence-electron chi connectivity index (χ2n) is 5.56. The molecule has 1 fully saturated rings. The van der Waals surface area contributed by atoms with Crippen LogP contribution in [-0.2, 0) is 6.54 Å². The van der Waals surface area contributed by atoms with Crippen LogP contribution < -0.4 is 5.73 Å². The number of nitrogens with zero attached hydrogens (tertiary/aromatic N) is 2. The lowest BCUT2D eigenvalue weighted by atomic mass is 9.89. The number of rotatable bonds is 4. The minimum absolute atomic E-state index is 0.555. The standard InChI is InChI=1S/C17H21N3/c18-10-16-12-20(11-14-6-8-19-9-7-14)13-17(16)15-4-2-1-3-5-15/h1-9,16-17H,10-13,18H2/t16-,17+/m1/s1. The van der Waals surface area contributed by atoms with Gasteiger partial charge >= 0.3 is 0 Å². The summed E-state index contributed by atoms with van der Waals surface area (Å²) in [6.07, 6.45) is 3.72. The fourth-order valence-electron chi connectivity index (χ4n) is 3.15. The maximum absolute atomic E-state index is 5.98. The van der Waals surface area contributed by atoms with Gasteiger partial charge in [-0.1, -0.05) is 30.3 Å². The van der Waals surface area contributed by atoms with E-state index in [2.05, 4.69) is 52.3 Å². The Bertz CT molecular complexity index is 526. The van der Waals surface area contributed by atoms with Crippen molar-refractivity contribution in [1.29, 1.82) is 0 Å². The number of likely N-dealkylation sites (tertiary alicyclic amines) is 1. The van der Waals surface area contributed by atoms with Crippen LogP contribution in [-0.4, -0.2) is 29.5 Å². The summed E-state index contributed by atoms with van der Waals surface area (Å²) in [4.78, 5) is 6.58. The van der Waals surface area contributed by atoms with Gasteiger partial charge in [-0.3, -0.25) is 9.88 Å². The number of hydrogen-bond acceptors (Lipinski definition) is 3. The van der Waals surface area contributed by atoms with Gasteiger partial charge in [0, 0.05) is 37.9 Å². The number of pyridine rings is 1. The van der Waals surface area contributed by atoms with Gasteiger partial charge in [0.2, 0.25) is 0 Å². The first-order valence-corrected chi connectivity index (χ1v) is 7.23. The molecule has 2 aromatic rings. The molecule has 2 N–H and O–H groups in total. The summed E-state index contributed by atoms with van der Waals surface area (Å²) < 4.78 is 0. The lowest BCUT2D eigenvalue weighted by Gasteiger charge is -2.16. The molecule has 2 heterocycles. The van der Waals surface area contributed by atoms with E-state index in [1.165, 1.54) is 11.1 Å². The van der Waals surface area contributed by atoms with Crippen molar-refractivity contribution in [3.05, 3.63) is 66.0 Å². The first-order chi connectivity index (χ1) is 9.86. The molecule has 3 heteroatoms. The van der Waals surface area contributed by atoms with Crippen LogP contribution in [0, 0.1) is 5.92 Å². The smallest absolute Gasteiger partial charge is 0.0271 e. The average Bonchev–Trinajstić information content (AvgIpc) is 2.92. The molecule has 1 aromatic carbocycles. The van der Waals surface area contributed by atoms with Crippen molar-refractivity contribution < 1.29 is 0 Å². The Morgan fingerprint density at radius 2 is 1.80 bits per heavy atom. The van der Waals surface area contributed by atoms with Crippen molar-refractivity contribution >= 4 is 0 Å². The third-order valence-electron chi connectivity index (χ3n) is 4.20. The van der Waals surface area contributed by atoms with Crippen molar-refractivity contribution in [3.8, 4) is 0 Å². The molecule has 20 heavy (non-hydrogen) atoms. The van der Waals surface area contributed by atoms with Crippen LogP contribution in [0.3, 0.4) is 0 Å². The summed E-state index contributed by atoms with van der Waals surface area (Å²) in [6, 6.07) is 14.9. The Labute approximate surface area is 120 Å². The molecule has 0 unspecified atom stereocenters. The van der Waals surface area contributed by atoms with Crippen LogP contribution in [0.2, 0.25) is 0 Å². The topological polar surface area (TPSA) is 42.1 Å². The number of nitrogens with two attached hydrogens (primary N) is 1. The van der Waals surface area contributed by atoms with E-state index in [-0.39, 0.29) is 0 Å². The zero-order chi connectivity index (χ0) is 13.8. The normalized spacial score (nSPS) is 23.1. The highest BCUT2D eigenvalue weighted by molar-refractivity contribution is 5.23. The lowest BCUT2D eigenvalue weighted by molar-refractivity contribution is 0.317. The van der Waals surface area contributed by atoms with Crippen molar-refractivity contribution in [3.63, 3.8) is 0 Å². The molecule has 1 aliphatic rings. The van der Waals surface area contributed by atoms with Crippen LogP contribution >= 0.6 is 0 Å². The van der Waals surface area contributed by atoms with Gasteiger partial charge in [-0.05, 0) is 35.7 Å². The third-order valence-corrected chi connectivity index (χ3v) is 4.20. The molecular formula is C17H21N3. The van der Waals surface area contributed by atoms with Gasteiger partial charge in [-0.25, -0.2) is 0 Å². The van der Waals surface area contributed by atoms with Crippen LogP contribution in [0.25, 0.3) is 0 Å². The number of hydrogen-bond donors (Lipinski definition) is 1. The SMILES string of the molecule is NC[C@@H]1CN(Cc2ccncc2)C[C@H]1c1ccccc1. The van der Waals surface area contributed by atoms with E-state index in [4.69, 9.17) is 5.73 Å². The van der Waals surface area contributed by atoms with Gasteiger partial charge in [-0.2, -0.15) is 0 Å². The summed E-state index contributed by atoms with van der Waals surface area (Å²) in [5.74, 6) is 1.11. The maximum Gasteiger partial charge on any atom is 0.0271 e. The Balaban J connectivity index is 1.71. The van der Waals surface area contributed by atoms with E-state index in [1.54, 1.807) is 0 Å². The Hall–Kier alpha value is -1.71. The molecule has 1 aromatic heterocycles. The van der Waals surface area contributed by atoms with E-state index < -0.39 is 0 Å². The molecule has 3 nitrogen and oxygen atoms in total. The van der Waals surface area contributed by atoms with Crippen molar-refractivity contribution in [1.82, 2.24) is 9.88 Å². The molecule has 3 rings (SSSR count). The molecule has 0 radical (unpaired) electrons. The fraction of sp³-hybridized carbons (Fsp3) is 0.353. The average molecular weight is 267 g/mol. The zero-order valence-electron chi connectivity index (χ0n) is 11.7. The predicted octanol–water partition coefficient (Wildman–Crippen LogP) is 2.26. The van der Waals surface area contributed by atoms with Crippen LogP contribution in [0.1, 0.15) is 17.0 Å². The summed E-state index contributed by atoms with van der Waals surface area (Å²) in [5.41, 5.74) is 8.72. The Morgan fingerprint density at radius 1 is 1.05 bits per heavy atom. The van der Waals surface area contributed by atoms with Gasteiger partial charge in [0.25, 0.3) is 0 Å². The van der Waals surface area contributed by atoms with Crippen molar-refractivity contribution in [2.24, 2.45) is 11.7 Å². The highest BCUT2D eigenvalue weighted by atomic mass is 15.2. The number of aromatic nitrogens is 1. The van der Waals surface area contributed by atoms with E-state index in [1.807, 2.05) is 12.4 Å². The fourth-order valence-corrected chi connectivity index (χ4v) is 3.15. The van der Waals surface area contributed by atoms with Gasteiger partial charge < -0.3 is 5.73 Å². The minimum atomic E-state index is 0.555. The van der Waals surface area contributed by atoms with Gasteiger partial charge in [-0.15, -0.1) is 0 Å². The molecule has 0 saturated carbocycles. The molecule has 104 valence electrons. The predicted molar refractivity (Wildman–Crippen MR) is 81.2 cm³/mol. The Kier molecular flexibility index (Phi) is 4.09.